The van der Waals surface area contributed by atoms with Crippen LogP contribution in [0.25, 0.3) is 0 Å². The van der Waals surface area contributed by atoms with Gasteiger partial charge >= 0.3 is 0 Å². The van der Waals surface area contributed by atoms with E-state index in [4.69, 9.17) is 16.3 Å². The normalized spacial score (nSPS) is 11.2. The van der Waals surface area contributed by atoms with Gasteiger partial charge in [-0.15, -0.1) is 0 Å². The highest BCUT2D eigenvalue weighted by atomic mass is 35.5. The molecule has 0 amide bonds. The van der Waals surface area contributed by atoms with Crippen molar-refractivity contribution >= 4 is 27.3 Å². The van der Waals surface area contributed by atoms with Crippen molar-refractivity contribution in [2.75, 3.05) is 11.8 Å². The molecule has 0 saturated heterocycles. The fourth-order valence-corrected chi connectivity index (χ4v) is 3.43. The molecule has 2 aromatic rings. The maximum absolute atomic E-state index is 12.5. The second-order valence-corrected chi connectivity index (χ2v) is 6.73. The van der Waals surface area contributed by atoms with E-state index in [0.717, 1.165) is 11.1 Å². The van der Waals surface area contributed by atoms with E-state index in [9.17, 15) is 8.42 Å². The van der Waals surface area contributed by atoms with Gasteiger partial charge in [-0.3, -0.25) is 4.72 Å². The molecule has 4 nitrogen and oxygen atoms in total. The molecule has 0 radical (unpaired) electrons. The first-order valence-corrected chi connectivity index (χ1v) is 8.14. The molecule has 6 heteroatoms. The van der Waals surface area contributed by atoms with Crippen LogP contribution < -0.4 is 9.46 Å². The summed E-state index contributed by atoms with van der Waals surface area (Å²) in [7, 11) is -2.35. The summed E-state index contributed by atoms with van der Waals surface area (Å²) in [5.74, 6) is 0.262. The Bertz CT molecular complexity index is 772. The minimum absolute atomic E-state index is 0.0175. The van der Waals surface area contributed by atoms with Crippen LogP contribution in [0.4, 0.5) is 5.69 Å². The molecule has 2 rings (SSSR count). The predicted octanol–water partition coefficient (Wildman–Crippen LogP) is 3.77. The zero-order chi connectivity index (χ0) is 15.6. The molecule has 0 atom stereocenters. The van der Waals surface area contributed by atoms with Crippen molar-refractivity contribution in [2.24, 2.45) is 0 Å². The maximum atomic E-state index is 12.5. The maximum Gasteiger partial charge on any atom is 0.265 e. The Kier molecular flexibility index (Phi) is 4.44. The standard InChI is InChI=1S/C15H16ClNO3S/c1-10-6-4-5-7-13(10)17-21(18,19)15-9-12(16)11(2)8-14(15)20-3/h4-9,17H,1-3H3. The molecule has 0 aliphatic rings. The van der Waals surface area contributed by atoms with E-state index in [1.165, 1.54) is 13.2 Å². The molecule has 0 heterocycles. The number of ether oxygens (including phenoxy) is 1. The number of nitrogens with one attached hydrogen (secondary N) is 1. The minimum atomic E-state index is -3.78. The van der Waals surface area contributed by atoms with Crippen LogP contribution >= 0.6 is 11.6 Å². The Hall–Kier alpha value is -1.72. The number of anilines is 1. The molecule has 0 bridgehead atoms. The van der Waals surface area contributed by atoms with E-state index in [1.54, 1.807) is 25.1 Å². The van der Waals surface area contributed by atoms with E-state index in [1.807, 2.05) is 19.1 Å². The number of methoxy groups -OCH3 is 1. The highest BCUT2D eigenvalue weighted by Crippen LogP contribution is 2.31. The second-order valence-electron chi connectivity index (χ2n) is 4.67. The van der Waals surface area contributed by atoms with Crippen LogP contribution in [-0.4, -0.2) is 15.5 Å². The first kappa shape index (κ1) is 15.7. The van der Waals surface area contributed by atoms with Gasteiger partial charge in [-0.25, -0.2) is 8.42 Å². The van der Waals surface area contributed by atoms with E-state index in [0.29, 0.717) is 10.7 Å². The summed E-state index contributed by atoms with van der Waals surface area (Å²) in [5, 5.41) is 0.376. The van der Waals surface area contributed by atoms with Crippen LogP contribution in [0.1, 0.15) is 11.1 Å². The summed E-state index contributed by atoms with van der Waals surface area (Å²) in [6, 6.07) is 10.2. The van der Waals surface area contributed by atoms with E-state index < -0.39 is 10.0 Å². The third-order valence-electron chi connectivity index (χ3n) is 3.12. The average Bonchev–Trinajstić information content (AvgIpc) is 2.43. The number of hydrogen-bond donors (Lipinski definition) is 1. The third-order valence-corrected chi connectivity index (χ3v) is 4.92. The number of sulfonamides is 1. The first-order valence-electron chi connectivity index (χ1n) is 6.27. The summed E-state index contributed by atoms with van der Waals surface area (Å²) in [4.78, 5) is 0.0175. The lowest BCUT2D eigenvalue weighted by Gasteiger charge is -2.14. The van der Waals surface area contributed by atoms with Crippen LogP contribution in [0.2, 0.25) is 5.02 Å². The monoisotopic (exact) mass is 325 g/mol. The topological polar surface area (TPSA) is 55.4 Å². The molecule has 0 fully saturated rings. The van der Waals surface area contributed by atoms with Crippen molar-refractivity contribution in [2.45, 2.75) is 18.7 Å². The highest BCUT2D eigenvalue weighted by Gasteiger charge is 2.21. The molecule has 0 aliphatic carbocycles. The smallest absolute Gasteiger partial charge is 0.265 e. The van der Waals surface area contributed by atoms with Gasteiger partial charge in [0.25, 0.3) is 10.0 Å². The fourth-order valence-electron chi connectivity index (χ4n) is 1.89. The number of para-hydroxylation sites is 1. The van der Waals surface area contributed by atoms with Crippen LogP contribution in [-0.2, 0) is 10.0 Å². The Balaban J connectivity index is 2.50. The molecule has 2 aromatic carbocycles. The van der Waals surface area contributed by atoms with Gasteiger partial charge in [0.2, 0.25) is 0 Å². The second kappa shape index (κ2) is 5.95. The SMILES string of the molecule is COc1cc(C)c(Cl)cc1S(=O)(=O)Nc1ccccc1C. The van der Waals surface area contributed by atoms with Crippen molar-refractivity contribution in [3.8, 4) is 5.75 Å². The minimum Gasteiger partial charge on any atom is -0.495 e. The van der Waals surface area contributed by atoms with Gasteiger partial charge in [0.05, 0.1) is 12.8 Å². The fraction of sp³-hybridized carbons (Fsp3) is 0.200. The van der Waals surface area contributed by atoms with Crippen molar-refractivity contribution < 1.29 is 13.2 Å². The predicted molar refractivity (Wildman–Crippen MR) is 84.7 cm³/mol. The zero-order valence-corrected chi connectivity index (χ0v) is 13.5. The third kappa shape index (κ3) is 3.31. The number of halogens is 1. The lowest BCUT2D eigenvalue weighted by atomic mass is 10.2. The largest absolute Gasteiger partial charge is 0.495 e. The molecule has 112 valence electrons. The number of aryl methyl sites for hydroxylation is 2. The van der Waals surface area contributed by atoms with Gasteiger partial charge in [0.1, 0.15) is 10.6 Å². The summed E-state index contributed by atoms with van der Waals surface area (Å²) in [6.45, 7) is 3.62. The molecule has 21 heavy (non-hydrogen) atoms. The van der Waals surface area contributed by atoms with E-state index >= 15 is 0 Å². The Morgan fingerprint density at radius 1 is 1.10 bits per heavy atom. The van der Waals surface area contributed by atoms with Crippen molar-refractivity contribution in [1.29, 1.82) is 0 Å². The molecule has 0 aliphatic heterocycles. The molecule has 0 unspecified atom stereocenters. The molecule has 0 saturated carbocycles. The van der Waals surface area contributed by atoms with Gasteiger partial charge in [-0.2, -0.15) is 0 Å². The average molecular weight is 326 g/mol. The highest BCUT2D eigenvalue weighted by molar-refractivity contribution is 7.92. The molecule has 0 aromatic heterocycles. The summed E-state index contributed by atoms with van der Waals surface area (Å²) in [5.41, 5.74) is 2.11. The number of benzene rings is 2. The Morgan fingerprint density at radius 2 is 1.76 bits per heavy atom. The van der Waals surface area contributed by atoms with E-state index in [-0.39, 0.29) is 10.6 Å². The molecule has 1 N–H and O–H groups in total. The van der Waals surface area contributed by atoms with Crippen molar-refractivity contribution in [3.63, 3.8) is 0 Å². The van der Waals surface area contributed by atoms with Crippen LogP contribution in [0, 0.1) is 13.8 Å². The number of hydrogen-bond acceptors (Lipinski definition) is 3. The van der Waals surface area contributed by atoms with Gasteiger partial charge in [0, 0.05) is 5.02 Å². The summed E-state index contributed by atoms with van der Waals surface area (Å²) >= 11 is 6.04. The van der Waals surface area contributed by atoms with Gasteiger partial charge < -0.3 is 4.74 Å². The van der Waals surface area contributed by atoms with E-state index in [2.05, 4.69) is 4.72 Å². The first-order chi connectivity index (χ1) is 9.85. The van der Waals surface area contributed by atoms with Crippen LogP contribution in [0.3, 0.4) is 0 Å². The molecule has 0 spiro atoms. The summed E-state index contributed by atoms with van der Waals surface area (Å²) < 4.78 is 32.8. The quantitative estimate of drug-likeness (QED) is 0.931. The summed E-state index contributed by atoms with van der Waals surface area (Å²) in [6.07, 6.45) is 0. The zero-order valence-electron chi connectivity index (χ0n) is 12.0. The Morgan fingerprint density at radius 3 is 2.38 bits per heavy atom. The van der Waals surface area contributed by atoms with Crippen molar-refractivity contribution in [1.82, 2.24) is 0 Å². The van der Waals surface area contributed by atoms with Gasteiger partial charge in [-0.05, 0) is 43.2 Å². The molecular formula is C15H16ClNO3S. The van der Waals surface area contributed by atoms with Crippen LogP contribution in [0.5, 0.6) is 5.75 Å². The molecular weight excluding hydrogens is 310 g/mol. The van der Waals surface area contributed by atoms with Crippen molar-refractivity contribution in [3.05, 3.63) is 52.5 Å². The van der Waals surface area contributed by atoms with Crippen LogP contribution in [0.15, 0.2) is 41.3 Å². The number of rotatable bonds is 4. The Labute approximate surface area is 129 Å². The van der Waals surface area contributed by atoms with Gasteiger partial charge in [-0.1, -0.05) is 29.8 Å². The van der Waals surface area contributed by atoms with Gasteiger partial charge in [0.15, 0.2) is 0 Å². The lowest BCUT2D eigenvalue weighted by molar-refractivity contribution is 0.402. The lowest BCUT2D eigenvalue weighted by Crippen LogP contribution is -2.15.